The molecule has 0 amide bonds. The average Bonchev–Trinajstić information content (AvgIpc) is 2.98. The molecule has 0 aliphatic rings. The lowest BCUT2D eigenvalue weighted by Crippen LogP contribution is -2.23. The first-order valence-electron chi connectivity index (χ1n) is 14.1. The van der Waals surface area contributed by atoms with E-state index in [4.69, 9.17) is 4.79 Å². The average molecular weight is 572 g/mol. The van der Waals surface area contributed by atoms with Crippen molar-refractivity contribution < 1.29 is 20.1 Å². The molecular formula is C35H45N3O4. The lowest BCUT2D eigenvalue weighted by atomic mass is 10.1. The molecule has 0 aromatic heterocycles. The fraction of sp³-hybridized carbons (Fsp3) is 0.286. The van der Waals surface area contributed by atoms with Gasteiger partial charge in [0.05, 0.1) is 12.7 Å². The number of hydrogen-bond acceptors (Lipinski definition) is 7. The molecule has 7 heteroatoms. The minimum Gasteiger partial charge on any atom is -0.508 e. The molecule has 4 aromatic rings. The van der Waals surface area contributed by atoms with Crippen molar-refractivity contribution in [3.05, 3.63) is 118 Å². The number of carbonyl (C=O) groups excluding carboxylic acids is 1. The second-order valence-corrected chi connectivity index (χ2v) is 9.96. The number of anilines is 3. The molecule has 42 heavy (non-hydrogen) atoms. The Labute approximate surface area is 250 Å². The van der Waals surface area contributed by atoms with Crippen molar-refractivity contribution in [2.75, 3.05) is 30.8 Å². The van der Waals surface area contributed by atoms with Gasteiger partial charge in [0, 0.05) is 36.2 Å². The summed E-state index contributed by atoms with van der Waals surface area (Å²) >= 11 is 0. The molecule has 4 aromatic carbocycles. The van der Waals surface area contributed by atoms with Gasteiger partial charge in [0.25, 0.3) is 0 Å². The zero-order valence-corrected chi connectivity index (χ0v) is 25.3. The number of aryl methyl sites for hydroxylation is 3. The van der Waals surface area contributed by atoms with Crippen molar-refractivity contribution in [2.45, 2.75) is 46.8 Å². The van der Waals surface area contributed by atoms with Crippen molar-refractivity contribution in [1.82, 2.24) is 5.32 Å². The van der Waals surface area contributed by atoms with Gasteiger partial charge in [0.1, 0.15) is 12.0 Å². The van der Waals surface area contributed by atoms with Gasteiger partial charge in [-0.15, -0.1) is 0 Å². The Morgan fingerprint density at radius 1 is 0.857 bits per heavy atom. The molecule has 0 saturated carbocycles. The van der Waals surface area contributed by atoms with Gasteiger partial charge in [-0.3, -0.25) is 0 Å². The number of hydrogen-bond donors (Lipinski definition) is 6. The van der Waals surface area contributed by atoms with Crippen LogP contribution in [0, 0.1) is 20.8 Å². The number of nitrogens with one attached hydrogen (secondary N) is 3. The topological polar surface area (TPSA) is 114 Å². The molecule has 0 saturated heterocycles. The lowest BCUT2D eigenvalue weighted by Gasteiger charge is -2.14. The van der Waals surface area contributed by atoms with Crippen LogP contribution in [0.2, 0.25) is 0 Å². The van der Waals surface area contributed by atoms with Crippen LogP contribution in [0.3, 0.4) is 0 Å². The van der Waals surface area contributed by atoms with Crippen LogP contribution in [0.4, 0.5) is 17.1 Å². The Kier molecular flexibility index (Phi) is 14.8. The number of phenols is 1. The molecule has 0 bridgehead atoms. The quantitative estimate of drug-likeness (QED) is 0.0971. The van der Waals surface area contributed by atoms with Crippen molar-refractivity contribution in [3.63, 3.8) is 0 Å². The molecule has 7 nitrogen and oxygen atoms in total. The number of rotatable bonds is 10. The van der Waals surface area contributed by atoms with Crippen molar-refractivity contribution in [2.24, 2.45) is 0 Å². The predicted molar refractivity (Wildman–Crippen MR) is 174 cm³/mol. The number of aliphatic hydroxyl groups is 2. The largest absolute Gasteiger partial charge is 0.508 e. The van der Waals surface area contributed by atoms with Crippen molar-refractivity contribution >= 4 is 23.3 Å². The number of aromatic hydroxyl groups is 1. The van der Waals surface area contributed by atoms with Crippen LogP contribution in [-0.4, -0.2) is 41.7 Å². The van der Waals surface area contributed by atoms with Gasteiger partial charge in [-0.2, -0.15) is 0 Å². The van der Waals surface area contributed by atoms with Gasteiger partial charge in [-0.1, -0.05) is 54.1 Å². The first-order chi connectivity index (χ1) is 20.2. The van der Waals surface area contributed by atoms with Crippen LogP contribution < -0.4 is 16.0 Å². The van der Waals surface area contributed by atoms with E-state index in [1.807, 2.05) is 7.05 Å². The normalized spacial score (nSPS) is 10.8. The van der Waals surface area contributed by atoms with Crippen molar-refractivity contribution in [1.29, 1.82) is 0 Å². The van der Waals surface area contributed by atoms with E-state index in [9.17, 15) is 15.3 Å². The first kappa shape index (κ1) is 34.0. The van der Waals surface area contributed by atoms with Gasteiger partial charge in [-0.25, -0.2) is 0 Å². The number of para-hydroxylation sites is 1. The summed E-state index contributed by atoms with van der Waals surface area (Å²) < 4.78 is 0. The lowest BCUT2D eigenvalue weighted by molar-refractivity contribution is -0.106. The minimum atomic E-state index is -0.693. The number of aliphatic hydroxyl groups excluding tert-OH is 2. The summed E-state index contributed by atoms with van der Waals surface area (Å²) in [5, 5.41) is 38.9. The summed E-state index contributed by atoms with van der Waals surface area (Å²) in [6, 6.07) is 27.7. The standard InChI is InChI=1S/C24H28N2O3.C9H13N.C2H4O/c1-17-2-7-21(8-3-17)26-22-9-4-18(5-10-22)12-13-25-15-24(29)19-6-11-23(28)20(14-19)16-27;1-7-5-4-6-8(2)9(7)10-3;1-2-3/h2-11,14,24-29H,12-13,15-16H2,1H3;4-6,10H,1-3H3;2H,1H3. The molecule has 0 aliphatic heterocycles. The Morgan fingerprint density at radius 2 is 1.43 bits per heavy atom. The van der Waals surface area contributed by atoms with E-state index in [1.165, 1.54) is 40.9 Å². The van der Waals surface area contributed by atoms with E-state index in [1.54, 1.807) is 12.1 Å². The Morgan fingerprint density at radius 3 is 1.95 bits per heavy atom. The molecule has 0 fully saturated rings. The molecule has 224 valence electrons. The highest BCUT2D eigenvalue weighted by molar-refractivity contribution is 5.60. The molecule has 0 heterocycles. The fourth-order valence-corrected chi connectivity index (χ4v) is 4.30. The van der Waals surface area contributed by atoms with Gasteiger partial charge in [-0.05, 0) is 99.3 Å². The van der Waals surface area contributed by atoms with Crippen LogP contribution in [-0.2, 0) is 17.8 Å². The van der Waals surface area contributed by atoms with E-state index >= 15 is 0 Å². The summed E-state index contributed by atoms with van der Waals surface area (Å²) in [6.45, 7) is 8.63. The molecule has 0 spiro atoms. The van der Waals surface area contributed by atoms with Gasteiger partial charge < -0.3 is 36.1 Å². The minimum absolute atomic E-state index is 0.0386. The second-order valence-electron chi connectivity index (χ2n) is 9.96. The molecule has 1 atom stereocenters. The zero-order chi connectivity index (χ0) is 30.9. The van der Waals surface area contributed by atoms with E-state index in [-0.39, 0.29) is 12.4 Å². The third kappa shape index (κ3) is 11.4. The summed E-state index contributed by atoms with van der Waals surface area (Å²) in [5.74, 6) is 0.0386. The monoisotopic (exact) mass is 571 g/mol. The highest BCUT2D eigenvalue weighted by Crippen LogP contribution is 2.22. The van der Waals surface area contributed by atoms with Crippen molar-refractivity contribution in [3.8, 4) is 5.75 Å². The summed E-state index contributed by atoms with van der Waals surface area (Å²) in [5.41, 5.74) is 9.53. The molecular weight excluding hydrogens is 526 g/mol. The maximum absolute atomic E-state index is 10.3. The molecule has 4 rings (SSSR count). The van der Waals surface area contributed by atoms with Crippen LogP contribution in [0.15, 0.2) is 84.9 Å². The number of aldehydes is 1. The van der Waals surface area contributed by atoms with Crippen LogP contribution in [0.5, 0.6) is 5.75 Å². The summed E-state index contributed by atoms with van der Waals surface area (Å²) in [7, 11) is 1.95. The molecule has 0 radical (unpaired) electrons. The maximum atomic E-state index is 10.3. The van der Waals surface area contributed by atoms with Gasteiger partial charge >= 0.3 is 0 Å². The van der Waals surface area contributed by atoms with E-state index in [0.717, 1.165) is 30.6 Å². The summed E-state index contributed by atoms with van der Waals surface area (Å²) in [4.78, 5) is 8.81. The maximum Gasteiger partial charge on any atom is 0.121 e. The van der Waals surface area contributed by atoms with E-state index < -0.39 is 6.10 Å². The molecule has 0 aliphatic carbocycles. The fourth-order valence-electron chi connectivity index (χ4n) is 4.30. The Balaban J connectivity index is 0.000000394. The zero-order valence-electron chi connectivity index (χ0n) is 25.3. The highest BCUT2D eigenvalue weighted by atomic mass is 16.3. The van der Waals surface area contributed by atoms with Crippen LogP contribution >= 0.6 is 0 Å². The smallest absolute Gasteiger partial charge is 0.121 e. The number of benzene rings is 4. The van der Waals surface area contributed by atoms with E-state index in [2.05, 4.69) is 103 Å². The second kappa shape index (κ2) is 18.3. The van der Waals surface area contributed by atoms with Gasteiger partial charge in [0.2, 0.25) is 0 Å². The molecule has 6 N–H and O–H groups in total. The summed E-state index contributed by atoms with van der Waals surface area (Å²) in [6.07, 6.45) is 0.914. The third-order valence-corrected chi connectivity index (χ3v) is 6.61. The first-order valence-corrected chi connectivity index (χ1v) is 14.1. The van der Waals surface area contributed by atoms with E-state index in [0.29, 0.717) is 17.7 Å². The Hall–Kier alpha value is -4.17. The van der Waals surface area contributed by atoms with Crippen LogP contribution in [0.25, 0.3) is 0 Å². The number of carbonyl (C=O) groups is 1. The van der Waals surface area contributed by atoms with Crippen LogP contribution in [0.1, 0.15) is 46.4 Å². The van der Waals surface area contributed by atoms with Gasteiger partial charge in [0.15, 0.2) is 0 Å². The Bertz CT molecular complexity index is 1340. The molecule has 1 unspecified atom stereocenters. The third-order valence-electron chi connectivity index (χ3n) is 6.61. The predicted octanol–water partition coefficient (Wildman–Crippen LogP) is 6.35. The highest BCUT2D eigenvalue weighted by Gasteiger charge is 2.10. The SMILES string of the molecule is CC=O.CNc1c(C)cccc1C.Cc1ccc(Nc2ccc(CCNCC(O)c3ccc(O)c(CO)c3)cc2)cc1.